The smallest absolute Gasteiger partial charge is 0.317 e. The highest BCUT2D eigenvalue weighted by atomic mass is 19.3. The first kappa shape index (κ1) is 23.4. The Bertz CT molecular complexity index is 461. The average molecular weight is 400 g/mol. The molecule has 156 valence electrons. The van der Waals surface area contributed by atoms with Crippen LogP contribution in [0.15, 0.2) is 0 Å². The fourth-order valence-corrected chi connectivity index (χ4v) is 2.61. The van der Waals surface area contributed by atoms with Crippen LogP contribution in [0.3, 0.4) is 0 Å². The molecule has 0 radical (unpaired) electrons. The summed E-state index contributed by atoms with van der Waals surface area (Å²) < 4.78 is 116. The lowest BCUT2D eigenvalue weighted by molar-refractivity contribution is -0.284. The number of methoxy groups -OCH3 is 1. The van der Waals surface area contributed by atoms with Crippen LogP contribution in [-0.4, -0.2) is 67.2 Å². The van der Waals surface area contributed by atoms with Gasteiger partial charge in [-0.1, -0.05) is 13.8 Å². The zero-order valence-corrected chi connectivity index (χ0v) is 14.9. The van der Waals surface area contributed by atoms with Gasteiger partial charge in [0.05, 0.1) is 26.2 Å². The van der Waals surface area contributed by atoms with E-state index in [2.05, 4.69) is 0 Å². The zero-order valence-electron chi connectivity index (χ0n) is 14.9. The van der Waals surface area contributed by atoms with Crippen molar-refractivity contribution in [3.05, 3.63) is 0 Å². The molecule has 26 heavy (non-hydrogen) atoms. The van der Waals surface area contributed by atoms with Crippen LogP contribution in [0.4, 0.5) is 35.1 Å². The third kappa shape index (κ3) is 5.41. The van der Waals surface area contributed by atoms with E-state index >= 15 is 0 Å². The summed E-state index contributed by atoms with van der Waals surface area (Å²) >= 11 is 0. The molecule has 1 aliphatic rings. The predicted octanol–water partition coefficient (Wildman–Crippen LogP) is 4.49. The molecule has 0 aromatic rings. The highest BCUT2D eigenvalue weighted by Gasteiger charge is 2.65. The summed E-state index contributed by atoms with van der Waals surface area (Å²) in [5.74, 6) is -16.2. The van der Waals surface area contributed by atoms with Crippen molar-refractivity contribution in [3.8, 4) is 0 Å². The SMILES string of the molecule is CCC(C)C(F)(F)CC(F)(F)C(F)(F)CC(F)(F)N1CCN(COC)C1. The standard InChI is InChI=1S/C15H24F8N2O/c1-4-11(2)12(16,17)7-13(18,19)14(20,21)8-15(22,23)25-6-5-24(9-25)10-26-3/h11H,4-10H2,1-3H3. The van der Waals surface area contributed by atoms with E-state index in [4.69, 9.17) is 4.74 Å². The highest BCUT2D eigenvalue weighted by molar-refractivity contribution is 4.94. The van der Waals surface area contributed by atoms with E-state index in [0.717, 1.165) is 6.92 Å². The van der Waals surface area contributed by atoms with Crippen molar-refractivity contribution in [3.63, 3.8) is 0 Å². The summed E-state index contributed by atoms with van der Waals surface area (Å²) in [7, 11) is 1.31. The molecule has 0 N–H and O–H groups in total. The van der Waals surface area contributed by atoms with Crippen molar-refractivity contribution in [2.24, 2.45) is 5.92 Å². The number of rotatable bonds is 10. The third-order valence-corrected chi connectivity index (χ3v) is 4.59. The van der Waals surface area contributed by atoms with Crippen molar-refractivity contribution >= 4 is 0 Å². The molecule has 1 atom stereocenters. The van der Waals surface area contributed by atoms with Gasteiger partial charge in [-0.25, -0.2) is 13.7 Å². The van der Waals surface area contributed by atoms with E-state index in [9.17, 15) is 35.1 Å². The van der Waals surface area contributed by atoms with Crippen LogP contribution in [0, 0.1) is 5.92 Å². The maximum atomic E-state index is 14.1. The Morgan fingerprint density at radius 2 is 1.46 bits per heavy atom. The fraction of sp³-hybridized carbons (Fsp3) is 1.00. The second-order valence-corrected chi connectivity index (χ2v) is 6.72. The number of ether oxygens (including phenoxy) is 1. The van der Waals surface area contributed by atoms with Crippen LogP contribution in [0.25, 0.3) is 0 Å². The van der Waals surface area contributed by atoms with Gasteiger partial charge in [0.1, 0.15) is 0 Å². The molecule has 0 spiro atoms. The predicted molar refractivity (Wildman–Crippen MR) is 78.6 cm³/mol. The summed E-state index contributed by atoms with van der Waals surface area (Å²) in [5.41, 5.74) is 0. The molecule has 1 unspecified atom stereocenters. The topological polar surface area (TPSA) is 15.7 Å². The van der Waals surface area contributed by atoms with Crippen molar-refractivity contribution in [1.82, 2.24) is 9.80 Å². The Morgan fingerprint density at radius 3 is 1.96 bits per heavy atom. The second kappa shape index (κ2) is 8.14. The van der Waals surface area contributed by atoms with Gasteiger partial charge in [-0.2, -0.15) is 26.3 Å². The van der Waals surface area contributed by atoms with Crippen LogP contribution in [0.2, 0.25) is 0 Å². The maximum absolute atomic E-state index is 14.1. The molecule has 3 nitrogen and oxygen atoms in total. The quantitative estimate of drug-likeness (QED) is 0.397. The van der Waals surface area contributed by atoms with Crippen molar-refractivity contribution in [2.75, 3.05) is 33.6 Å². The number of hydrogen-bond acceptors (Lipinski definition) is 3. The van der Waals surface area contributed by atoms with Crippen LogP contribution in [0.5, 0.6) is 0 Å². The first-order valence-electron chi connectivity index (χ1n) is 8.16. The largest absolute Gasteiger partial charge is 0.369 e. The minimum atomic E-state index is -5.29. The molecule has 0 saturated carbocycles. The molecule has 0 aromatic carbocycles. The molecule has 0 aromatic heterocycles. The average Bonchev–Trinajstić information content (AvgIpc) is 2.94. The summed E-state index contributed by atoms with van der Waals surface area (Å²) in [4.78, 5) is 1.67. The summed E-state index contributed by atoms with van der Waals surface area (Å²) in [5, 5.41) is 0. The lowest BCUT2D eigenvalue weighted by Crippen LogP contribution is -2.52. The minimum Gasteiger partial charge on any atom is -0.369 e. The van der Waals surface area contributed by atoms with Crippen molar-refractivity contribution < 1.29 is 39.9 Å². The van der Waals surface area contributed by atoms with Gasteiger partial charge in [0, 0.05) is 26.1 Å². The molecule has 0 amide bonds. The highest BCUT2D eigenvalue weighted by Crippen LogP contribution is 2.49. The van der Waals surface area contributed by atoms with E-state index < -0.39 is 49.2 Å². The Labute approximate surface area is 147 Å². The van der Waals surface area contributed by atoms with Crippen LogP contribution < -0.4 is 0 Å². The van der Waals surface area contributed by atoms with E-state index in [1.165, 1.54) is 18.9 Å². The first-order chi connectivity index (χ1) is 11.7. The van der Waals surface area contributed by atoms with Crippen molar-refractivity contribution in [1.29, 1.82) is 0 Å². The molecule has 0 bridgehead atoms. The molecule has 1 saturated heterocycles. The second-order valence-electron chi connectivity index (χ2n) is 6.72. The van der Waals surface area contributed by atoms with Gasteiger partial charge in [0.25, 0.3) is 5.92 Å². The molecule has 1 fully saturated rings. The molecule has 0 aliphatic carbocycles. The van der Waals surface area contributed by atoms with Crippen LogP contribution in [-0.2, 0) is 4.74 Å². The van der Waals surface area contributed by atoms with E-state index in [0.29, 0.717) is 4.90 Å². The molecule has 1 heterocycles. The van der Waals surface area contributed by atoms with Gasteiger partial charge < -0.3 is 4.74 Å². The van der Waals surface area contributed by atoms with Gasteiger partial charge in [0.15, 0.2) is 0 Å². The lowest BCUT2D eigenvalue weighted by atomic mass is 9.91. The van der Waals surface area contributed by atoms with Gasteiger partial charge in [-0.3, -0.25) is 4.90 Å². The summed E-state index contributed by atoms with van der Waals surface area (Å²) in [6.07, 6.45) is -5.23. The minimum absolute atomic E-state index is 0.0275. The monoisotopic (exact) mass is 400 g/mol. The fourth-order valence-electron chi connectivity index (χ4n) is 2.61. The number of hydrogen-bond donors (Lipinski definition) is 0. The summed E-state index contributed by atoms with van der Waals surface area (Å²) in [6.45, 7) is 1.50. The Hall–Kier alpha value is -0.680. The number of nitrogens with zero attached hydrogens (tertiary/aromatic N) is 2. The van der Waals surface area contributed by atoms with Gasteiger partial charge in [-0.05, 0) is 6.42 Å². The Balaban J connectivity index is 2.85. The van der Waals surface area contributed by atoms with Gasteiger partial charge in [-0.15, -0.1) is 0 Å². The molecule has 1 aliphatic heterocycles. The normalized spacial score (nSPS) is 20.0. The van der Waals surface area contributed by atoms with Crippen LogP contribution >= 0.6 is 0 Å². The number of alkyl halides is 8. The van der Waals surface area contributed by atoms with Gasteiger partial charge in [0.2, 0.25) is 0 Å². The van der Waals surface area contributed by atoms with E-state index in [1.54, 1.807) is 0 Å². The zero-order chi connectivity index (χ0) is 20.4. The number of halogens is 8. The van der Waals surface area contributed by atoms with Crippen LogP contribution in [0.1, 0.15) is 33.1 Å². The molecule has 11 heteroatoms. The van der Waals surface area contributed by atoms with E-state index in [1.807, 2.05) is 0 Å². The molecule has 1 rings (SSSR count). The first-order valence-corrected chi connectivity index (χ1v) is 8.16. The van der Waals surface area contributed by atoms with E-state index in [-0.39, 0.29) is 26.2 Å². The Morgan fingerprint density at radius 1 is 0.923 bits per heavy atom. The van der Waals surface area contributed by atoms with Gasteiger partial charge >= 0.3 is 17.9 Å². The molecular weight excluding hydrogens is 376 g/mol. The maximum Gasteiger partial charge on any atom is 0.317 e. The van der Waals surface area contributed by atoms with Crippen molar-refractivity contribution in [2.45, 2.75) is 56.9 Å². The third-order valence-electron chi connectivity index (χ3n) is 4.59. The lowest BCUT2D eigenvalue weighted by Gasteiger charge is -2.35. The summed E-state index contributed by atoms with van der Waals surface area (Å²) in [6, 6.07) is -4.28. The molecular formula is C15H24F8N2O. The Kier molecular flexibility index (Phi) is 7.31.